The fourth-order valence-corrected chi connectivity index (χ4v) is 1.74. The Kier molecular flexibility index (Phi) is 8.59. The van der Waals surface area contributed by atoms with Crippen molar-refractivity contribution in [3.05, 3.63) is 0 Å². The van der Waals surface area contributed by atoms with Gasteiger partial charge in [-0.15, -0.1) is 0 Å². The van der Waals surface area contributed by atoms with Gasteiger partial charge in [0.05, 0.1) is 12.2 Å². The van der Waals surface area contributed by atoms with Gasteiger partial charge in [-0.1, -0.05) is 20.3 Å². The summed E-state index contributed by atoms with van der Waals surface area (Å²) >= 11 is 0. The summed E-state index contributed by atoms with van der Waals surface area (Å²) < 4.78 is 12.6. The number of aliphatic imine (C=N–C) groups is 1. The molecule has 0 radical (unpaired) electrons. The fourth-order valence-electron chi connectivity index (χ4n) is 1.74. The Morgan fingerprint density at radius 3 is 2.44 bits per heavy atom. The van der Waals surface area contributed by atoms with Crippen molar-refractivity contribution in [3.63, 3.8) is 0 Å². The van der Waals surface area contributed by atoms with Gasteiger partial charge in [-0.05, 0) is 26.7 Å². The molecular formula is C14H27FN2O. The Morgan fingerprint density at radius 1 is 1.39 bits per heavy atom. The molecule has 1 amide bonds. The number of amidine groups is 1. The molecule has 0 rings (SSSR count). The first-order valence-electron chi connectivity index (χ1n) is 6.93. The zero-order valence-electron chi connectivity index (χ0n) is 12.2. The van der Waals surface area contributed by atoms with E-state index in [9.17, 15) is 9.18 Å². The van der Waals surface area contributed by atoms with E-state index in [1.165, 1.54) is 0 Å². The van der Waals surface area contributed by atoms with Gasteiger partial charge in [0.15, 0.2) is 0 Å². The Hall–Kier alpha value is -0.930. The average molecular weight is 258 g/mol. The number of nitrogens with zero attached hydrogens (tertiary/aromatic N) is 2. The maximum Gasteiger partial charge on any atom is 0.215 e. The maximum atomic E-state index is 12.6. The maximum absolute atomic E-state index is 12.6. The standard InChI is InChI=1S/C14H27FN2O/c1-5-8-9-13(17(7-3)12-18)16-14(4,6-2)10-11-15/h12H,5-11H2,1-4H3. The topological polar surface area (TPSA) is 32.7 Å². The summed E-state index contributed by atoms with van der Waals surface area (Å²) in [5.41, 5.74) is -0.395. The van der Waals surface area contributed by atoms with Crippen LogP contribution in [0, 0.1) is 0 Å². The van der Waals surface area contributed by atoms with Crippen molar-refractivity contribution < 1.29 is 9.18 Å². The van der Waals surface area contributed by atoms with Crippen molar-refractivity contribution in [2.45, 2.75) is 65.3 Å². The highest BCUT2D eigenvalue weighted by molar-refractivity contribution is 5.90. The van der Waals surface area contributed by atoms with E-state index in [0.29, 0.717) is 13.0 Å². The van der Waals surface area contributed by atoms with Gasteiger partial charge in [0.1, 0.15) is 5.84 Å². The van der Waals surface area contributed by atoms with Crippen LogP contribution in [0.5, 0.6) is 0 Å². The first-order valence-corrected chi connectivity index (χ1v) is 6.93. The van der Waals surface area contributed by atoms with Crippen LogP contribution in [0.3, 0.4) is 0 Å². The molecule has 0 fully saturated rings. The van der Waals surface area contributed by atoms with Crippen LogP contribution in [0.1, 0.15) is 59.8 Å². The Balaban J connectivity index is 5.05. The number of rotatable bonds is 9. The van der Waals surface area contributed by atoms with Gasteiger partial charge >= 0.3 is 0 Å². The molecule has 1 unspecified atom stereocenters. The second-order valence-corrected chi connectivity index (χ2v) is 4.81. The van der Waals surface area contributed by atoms with Crippen LogP contribution in [0.4, 0.5) is 4.39 Å². The Bertz CT molecular complexity index is 269. The largest absolute Gasteiger partial charge is 0.304 e. The van der Waals surface area contributed by atoms with Crippen LogP contribution in [-0.2, 0) is 4.79 Å². The van der Waals surface area contributed by atoms with Crippen molar-refractivity contribution in [3.8, 4) is 0 Å². The Labute approximate surface area is 110 Å². The number of amides is 1. The molecule has 1 atom stereocenters. The van der Waals surface area contributed by atoms with E-state index < -0.39 is 5.54 Å². The first-order chi connectivity index (χ1) is 8.56. The lowest BCUT2D eigenvalue weighted by Gasteiger charge is -2.27. The van der Waals surface area contributed by atoms with Gasteiger partial charge in [-0.25, -0.2) is 0 Å². The average Bonchev–Trinajstić information content (AvgIpc) is 2.37. The zero-order valence-corrected chi connectivity index (χ0v) is 12.2. The lowest BCUT2D eigenvalue weighted by atomic mass is 9.96. The van der Waals surface area contributed by atoms with E-state index >= 15 is 0 Å². The van der Waals surface area contributed by atoms with E-state index in [-0.39, 0.29) is 6.67 Å². The van der Waals surface area contributed by atoms with Crippen LogP contribution in [0.25, 0.3) is 0 Å². The molecule has 0 N–H and O–H groups in total. The van der Waals surface area contributed by atoms with E-state index in [4.69, 9.17) is 0 Å². The SMILES string of the molecule is CCCCC(=NC(C)(CC)CCF)N(C=O)CC. The second kappa shape index (κ2) is 9.06. The summed E-state index contributed by atoms with van der Waals surface area (Å²) in [6.45, 7) is 8.23. The third-order valence-corrected chi connectivity index (χ3v) is 3.35. The van der Waals surface area contributed by atoms with Crippen LogP contribution in [-0.4, -0.2) is 35.9 Å². The Morgan fingerprint density at radius 2 is 2.06 bits per heavy atom. The number of unbranched alkanes of at least 4 members (excludes halogenated alkanes) is 1. The van der Waals surface area contributed by atoms with Gasteiger partial charge in [0.25, 0.3) is 0 Å². The van der Waals surface area contributed by atoms with Gasteiger partial charge in [-0.2, -0.15) is 0 Å². The van der Waals surface area contributed by atoms with Crippen LogP contribution < -0.4 is 0 Å². The summed E-state index contributed by atoms with van der Waals surface area (Å²) in [6, 6.07) is 0. The van der Waals surface area contributed by atoms with Crippen LogP contribution >= 0.6 is 0 Å². The summed E-state index contributed by atoms with van der Waals surface area (Å²) in [5, 5.41) is 0. The normalized spacial score (nSPS) is 15.3. The monoisotopic (exact) mass is 258 g/mol. The molecule has 0 heterocycles. The number of hydrogen-bond donors (Lipinski definition) is 0. The van der Waals surface area contributed by atoms with E-state index in [1.807, 2.05) is 20.8 Å². The highest BCUT2D eigenvalue weighted by atomic mass is 19.1. The van der Waals surface area contributed by atoms with Crippen molar-refractivity contribution >= 4 is 12.2 Å². The molecule has 0 aliphatic carbocycles. The molecular weight excluding hydrogens is 231 g/mol. The molecule has 4 heteroatoms. The number of carbonyl (C=O) groups is 1. The quantitative estimate of drug-likeness (QED) is 0.353. The van der Waals surface area contributed by atoms with E-state index in [1.54, 1.807) is 4.90 Å². The molecule has 0 aromatic carbocycles. The third-order valence-electron chi connectivity index (χ3n) is 3.35. The number of carbonyl (C=O) groups excluding carboxylic acids is 1. The number of hydrogen-bond acceptors (Lipinski definition) is 2. The lowest BCUT2D eigenvalue weighted by Crippen LogP contribution is -2.34. The van der Waals surface area contributed by atoms with E-state index in [0.717, 1.165) is 37.9 Å². The minimum atomic E-state index is -0.395. The van der Waals surface area contributed by atoms with Crippen LogP contribution in [0.15, 0.2) is 4.99 Å². The van der Waals surface area contributed by atoms with Crippen LogP contribution in [0.2, 0.25) is 0 Å². The van der Waals surface area contributed by atoms with Crippen molar-refractivity contribution in [1.82, 2.24) is 4.90 Å². The molecule has 0 saturated heterocycles. The summed E-state index contributed by atoms with van der Waals surface area (Å²) in [4.78, 5) is 17.3. The first kappa shape index (κ1) is 17.1. The van der Waals surface area contributed by atoms with Gasteiger partial charge in [0, 0.05) is 19.4 Å². The zero-order chi connectivity index (χ0) is 14.0. The predicted octanol–water partition coefficient (Wildman–Crippen LogP) is 3.58. The summed E-state index contributed by atoms with van der Waals surface area (Å²) in [6.07, 6.45) is 4.85. The predicted molar refractivity (Wildman–Crippen MR) is 74.7 cm³/mol. The lowest BCUT2D eigenvalue weighted by molar-refractivity contribution is -0.114. The summed E-state index contributed by atoms with van der Waals surface area (Å²) in [7, 11) is 0. The van der Waals surface area contributed by atoms with Gasteiger partial charge in [-0.3, -0.25) is 14.2 Å². The second-order valence-electron chi connectivity index (χ2n) is 4.81. The molecule has 0 aliphatic heterocycles. The molecule has 3 nitrogen and oxygen atoms in total. The van der Waals surface area contributed by atoms with Crippen molar-refractivity contribution in [2.75, 3.05) is 13.2 Å². The molecule has 0 bridgehead atoms. The number of alkyl halides is 1. The highest BCUT2D eigenvalue weighted by Crippen LogP contribution is 2.21. The minimum Gasteiger partial charge on any atom is -0.304 e. The molecule has 0 spiro atoms. The number of halogens is 1. The molecule has 18 heavy (non-hydrogen) atoms. The van der Waals surface area contributed by atoms with E-state index in [2.05, 4.69) is 11.9 Å². The molecule has 106 valence electrons. The minimum absolute atomic E-state index is 0.373. The highest BCUT2D eigenvalue weighted by Gasteiger charge is 2.22. The van der Waals surface area contributed by atoms with Gasteiger partial charge in [0.2, 0.25) is 6.41 Å². The summed E-state index contributed by atoms with van der Waals surface area (Å²) in [5.74, 6) is 0.798. The van der Waals surface area contributed by atoms with Crippen molar-refractivity contribution in [1.29, 1.82) is 0 Å². The fraction of sp³-hybridized carbons (Fsp3) is 0.857. The molecule has 0 aliphatic rings. The molecule has 0 aromatic heterocycles. The molecule has 0 aromatic rings. The smallest absolute Gasteiger partial charge is 0.215 e. The third kappa shape index (κ3) is 5.61. The van der Waals surface area contributed by atoms with Crippen molar-refractivity contribution in [2.24, 2.45) is 4.99 Å². The molecule has 0 saturated carbocycles. The van der Waals surface area contributed by atoms with Gasteiger partial charge < -0.3 is 4.90 Å².